The summed E-state index contributed by atoms with van der Waals surface area (Å²) >= 11 is 0. The van der Waals surface area contributed by atoms with Gasteiger partial charge in [0, 0.05) is 18.1 Å². The van der Waals surface area contributed by atoms with Gasteiger partial charge in [0.1, 0.15) is 0 Å². The fourth-order valence-electron chi connectivity index (χ4n) is 3.56. The summed E-state index contributed by atoms with van der Waals surface area (Å²) in [6, 6.07) is 0.770. The second kappa shape index (κ2) is 6.46. The van der Waals surface area contributed by atoms with Crippen LogP contribution in [0.3, 0.4) is 0 Å². The van der Waals surface area contributed by atoms with Crippen LogP contribution in [0.25, 0.3) is 0 Å². The number of carboxylic acid groups (broad SMARTS) is 1. The smallest absolute Gasteiger partial charge is 0.318 e. The molecule has 5 heteroatoms. The minimum atomic E-state index is -0.701. The van der Waals surface area contributed by atoms with E-state index < -0.39 is 5.97 Å². The molecule has 114 valence electrons. The maximum absolute atomic E-state index is 12.4. The number of nitrogens with one attached hydrogen (secondary N) is 1. The van der Waals surface area contributed by atoms with Gasteiger partial charge >= 0.3 is 12.0 Å². The topological polar surface area (TPSA) is 69.6 Å². The highest BCUT2D eigenvalue weighted by Crippen LogP contribution is 2.26. The SMILES string of the molecule is CC1CCCC(C)N1C(=O)NC1CCC(C(=O)O)CC1. The number of piperidine rings is 1. The molecule has 1 heterocycles. The Morgan fingerprint density at radius 1 is 1.00 bits per heavy atom. The molecule has 0 aromatic rings. The van der Waals surface area contributed by atoms with Crippen molar-refractivity contribution in [3.05, 3.63) is 0 Å². The van der Waals surface area contributed by atoms with Crippen LogP contribution >= 0.6 is 0 Å². The lowest BCUT2D eigenvalue weighted by Gasteiger charge is -2.40. The summed E-state index contributed by atoms with van der Waals surface area (Å²) in [6.07, 6.45) is 6.23. The minimum Gasteiger partial charge on any atom is -0.481 e. The van der Waals surface area contributed by atoms with E-state index in [1.807, 2.05) is 4.90 Å². The van der Waals surface area contributed by atoms with Gasteiger partial charge in [0.2, 0.25) is 0 Å². The van der Waals surface area contributed by atoms with Gasteiger partial charge in [0.15, 0.2) is 0 Å². The molecule has 0 spiro atoms. The van der Waals surface area contributed by atoms with E-state index in [9.17, 15) is 9.59 Å². The Labute approximate surface area is 120 Å². The average molecular weight is 282 g/mol. The summed E-state index contributed by atoms with van der Waals surface area (Å²) in [6.45, 7) is 4.22. The minimum absolute atomic E-state index is 0.0310. The molecule has 2 fully saturated rings. The van der Waals surface area contributed by atoms with Crippen molar-refractivity contribution in [2.24, 2.45) is 5.92 Å². The van der Waals surface area contributed by atoms with Crippen LogP contribution in [0.2, 0.25) is 0 Å². The van der Waals surface area contributed by atoms with Gasteiger partial charge < -0.3 is 15.3 Å². The monoisotopic (exact) mass is 282 g/mol. The summed E-state index contributed by atoms with van der Waals surface area (Å²) in [7, 11) is 0. The molecule has 2 unspecified atom stereocenters. The van der Waals surface area contributed by atoms with Gasteiger partial charge in [-0.25, -0.2) is 4.79 Å². The van der Waals surface area contributed by atoms with E-state index in [0.717, 1.165) is 25.7 Å². The van der Waals surface area contributed by atoms with E-state index in [1.165, 1.54) is 6.42 Å². The molecule has 2 atom stereocenters. The maximum Gasteiger partial charge on any atom is 0.318 e. The van der Waals surface area contributed by atoms with E-state index in [-0.39, 0.29) is 18.0 Å². The van der Waals surface area contributed by atoms with Gasteiger partial charge in [0.25, 0.3) is 0 Å². The highest BCUT2D eigenvalue weighted by atomic mass is 16.4. The lowest BCUT2D eigenvalue weighted by Crippen LogP contribution is -2.54. The number of hydrogen-bond acceptors (Lipinski definition) is 2. The van der Waals surface area contributed by atoms with Crippen molar-refractivity contribution in [3.8, 4) is 0 Å². The third-order valence-corrected chi connectivity index (χ3v) is 4.83. The van der Waals surface area contributed by atoms with Crippen LogP contribution in [0.15, 0.2) is 0 Å². The number of amides is 2. The molecule has 1 saturated carbocycles. The first-order valence-corrected chi connectivity index (χ1v) is 7.80. The first-order chi connectivity index (χ1) is 9.49. The fourth-order valence-corrected chi connectivity index (χ4v) is 3.56. The van der Waals surface area contributed by atoms with Crippen LogP contribution in [0.5, 0.6) is 0 Å². The largest absolute Gasteiger partial charge is 0.481 e. The van der Waals surface area contributed by atoms with Gasteiger partial charge in [-0.1, -0.05) is 0 Å². The van der Waals surface area contributed by atoms with Crippen LogP contribution in [-0.4, -0.2) is 40.1 Å². The van der Waals surface area contributed by atoms with Crippen LogP contribution in [-0.2, 0) is 4.79 Å². The number of carbonyl (C=O) groups excluding carboxylic acids is 1. The molecule has 1 saturated heterocycles. The molecule has 20 heavy (non-hydrogen) atoms. The predicted octanol–water partition coefficient (Wildman–Crippen LogP) is 2.60. The molecule has 5 nitrogen and oxygen atoms in total. The Morgan fingerprint density at radius 3 is 2.05 bits per heavy atom. The van der Waals surface area contributed by atoms with Gasteiger partial charge in [0.05, 0.1) is 5.92 Å². The first kappa shape index (κ1) is 15.1. The lowest BCUT2D eigenvalue weighted by atomic mass is 9.86. The molecule has 0 radical (unpaired) electrons. The van der Waals surface area contributed by atoms with Crippen LogP contribution < -0.4 is 5.32 Å². The Hall–Kier alpha value is -1.26. The summed E-state index contributed by atoms with van der Waals surface area (Å²) in [5.74, 6) is -0.927. The van der Waals surface area contributed by atoms with Crippen molar-refractivity contribution >= 4 is 12.0 Å². The number of hydrogen-bond donors (Lipinski definition) is 2. The summed E-state index contributed by atoms with van der Waals surface area (Å²) in [5.41, 5.74) is 0. The molecule has 1 aliphatic heterocycles. The molecule has 2 rings (SSSR count). The number of urea groups is 1. The van der Waals surface area contributed by atoms with E-state index in [0.29, 0.717) is 24.9 Å². The number of carboxylic acids is 1. The van der Waals surface area contributed by atoms with Gasteiger partial charge in [-0.15, -0.1) is 0 Å². The van der Waals surface area contributed by atoms with E-state index in [4.69, 9.17) is 5.11 Å². The molecule has 0 aromatic heterocycles. The molecule has 0 bridgehead atoms. The molecular formula is C15H26N2O3. The third kappa shape index (κ3) is 3.44. The Morgan fingerprint density at radius 2 is 1.55 bits per heavy atom. The standard InChI is InChI=1S/C15H26N2O3/c1-10-4-3-5-11(2)17(10)15(20)16-13-8-6-12(7-9-13)14(18)19/h10-13H,3-9H2,1-2H3,(H,16,20)(H,18,19). The normalized spacial score (nSPS) is 34.6. The van der Waals surface area contributed by atoms with Crippen molar-refractivity contribution in [1.82, 2.24) is 10.2 Å². The van der Waals surface area contributed by atoms with Crippen LogP contribution in [0.1, 0.15) is 58.8 Å². The zero-order chi connectivity index (χ0) is 14.7. The summed E-state index contributed by atoms with van der Waals surface area (Å²) in [4.78, 5) is 25.3. The number of rotatable bonds is 2. The van der Waals surface area contributed by atoms with Crippen LogP contribution in [0, 0.1) is 5.92 Å². The van der Waals surface area contributed by atoms with Crippen LogP contribution in [0.4, 0.5) is 4.79 Å². The quantitative estimate of drug-likeness (QED) is 0.818. The highest BCUT2D eigenvalue weighted by Gasteiger charge is 2.32. The summed E-state index contributed by atoms with van der Waals surface area (Å²) in [5, 5.41) is 12.1. The second-order valence-corrected chi connectivity index (χ2v) is 6.37. The molecular weight excluding hydrogens is 256 g/mol. The van der Waals surface area contributed by atoms with Gasteiger partial charge in [-0.2, -0.15) is 0 Å². The fraction of sp³-hybridized carbons (Fsp3) is 0.867. The Kier molecular flexibility index (Phi) is 4.89. The second-order valence-electron chi connectivity index (χ2n) is 6.37. The molecule has 2 aliphatic rings. The molecule has 1 aliphatic carbocycles. The number of aliphatic carboxylic acids is 1. The van der Waals surface area contributed by atoms with Crippen molar-refractivity contribution in [3.63, 3.8) is 0 Å². The first-order valence-electron chi connectivity index (χ1n) is 7.80. The van der Waals surface area contributed by atoms with E-state index >= 15 is 0 Å². The average Bonchev–Trinajstić information content (AvgIpc) is 2.39. The van der Waals surface area contributed by atoms with Crippen molar-refractivity contribution < 1.29 is 14.7 Å². The van der Waals surface area contributed by atoms with Crippen molar-refractivity contribution in [2.45, 2.75) is 76.9 Å². The molecule has 2 amide bonds. The zero-order valence-electron chi connectivity index (χ0n) is 12.5. The number of carbonyl (C=O) groups is 2. The van der Waals surface area contributed by atoms with Crippen molar-refractivity contribution in [1.29, 1.82) is 0 Å². The molecule has 2 N–H and O–H groups in total. The van der Waals surface area contributed by atoms with E-state index in [1.54, 1.807) is 0 Å². The van der Waals surface area contributed by atoms with E-state index in [2.05, 4.69) is 19.2 Å². The van der Waals surface area contributed by atoms with Gasteiger partial charge in [-0.3, -0.25) is 4.79 Å². The number of nitrogens with zero attached hydrogens (tertiary/aromatic N) is 1. The Bertz CT molecular complexity index is 354. The summed E-state index contributed by atoms with van der Waals surface area (Å²) < 4.78 is 0. The predicted molar refractivity (Wildman–Crippen MR) is 76.5 cm³/mol. The molecule has 0 aromatic carbocycles. The Balaban J connectivity index is 1.84. The van der Waals surface area contributed by atoms with Gasteiger partial charge in [-0.05, 0) is 58.8 Å². The highest BCUT2D eigenvalue weighted by molar-refractivity contribution is 5.75. The lowest BCUT2D eigenvalue weighted by molar-refractivity contribution is -0.142. The van der Waals surface area contributed by atoms with Crippen molar-refractivity contribution in [2.75, 3.05) is 0 Å². The third-order valence-electron chi connectivity index (χ3n) is 4.83. The number of likely N-dealkylation sites (tertiary alicyclic amines) is 1. The zero-order valence-corrected chi connectivity index (χ0v) is 12.5. The maximum atomic E-state index is 12.4.